The van der Waals surface area contributed by atoms with Gasteiger partial charge in [-0.25, -0.2) is 0 Å². The summed E-state index contributed by atoms with van der Waals surface area (Å²) < 4.78 is 0. The van der Waals surface area contributed by atoms with Crippen molar-refractivity contribution < 1.29 is 9.90 Å². The Morgan fingerprint density at radius 2 is 1.87 bits per heavy atom. The topological polar surface area (TPSA) is 37.3 Å². The average Bonchev–Trinajstić information content (AvgIpc) is 2.16. The second-order valence-corrected chi connectivity index (χ2v) is 4.33. The SMILES string of the molecule is Cc1cc(C(C)C)ccc1C(C)C(=O)O. The number of carboxylic acid groups (broad SMARTS) is 1. The summed E-state index contributed by atoms with van der Waals surface area (Å²) in [5, 5.41) is 8.94. The van der Waals surface area contributed by atoms with Gasteiger partial charge < -0.3 is 5.11 Å². The molecular weight excluding hydrogens is 188 g/mol. The number of rotatable bonds is 3. The molecule has 2 heteroatoms. The normalized spacial score (nSPS) is 12.9. The van der Waals surface area contributed by atoms with Crippen molar-refractivity contribution in [3.8, 4) is 0 Å². The molecule has 0 aromatic heterocycles. The first kappa shape index (κ1) is 11.8. The molecule has 0 amide bonds. The lowest BCUT2D eigenvalue weighted by Gasteiger charge is -2.13. The van der Waals surface area contributed by atoms with Crippen molar-refractivity contribution in [2.24, 2.45) is 0 Å². The Bertz CT molecular complexity index is 367. The monoisotopic (exact) mass is 206 g/mol. The second kappa shape index (κ2) is 4.47. The van der Waals surface area contributed by atoms with Crippen LogP contribution in [-0.4, -0.2) is 11.1 Å². The van der Waals surface area contributed by atoms with E-state index < -0.39 is 11.9 Å². The minimum Gasteiger partial charge on any atom is -0.481 e. The molecule has 0 spiro atoms. The lowest BCUT2D eigenvalue weighted by molar-refractivity contribution is -0.138. The Morgan fingerprint density at radius 1 is 1.27 bits per heavy atom. The molecule has 0 saturated carbocycles. The second-order valence-electron chi connectivity index (χ2n) is 4.33. The molecule has 0 aliphatic rings. The number of hydrogen-bond acceptors (Lipinski definition) is 1. The predicted molar refractivity (Wildman–Crippen MR) is 61.3 cm³/mol. The lowest BCUT2D eigenvalue weighted by atomic mass is 9.92. The van der Waals surface area contributed by atoms with Gasteiger partial charge in [0.2, 0.25) is 0 Å². The highest BCUT2D eigenvalue weighted by Gasteiger charge is 2.16. The van der Waals surface area contributed by atoms with Crippen LogP contribution in [0.2, 0.25) is 0 Å². The van der Waals surface area contributed by atoms with Crippen molar-refractivity contribution in [1.82, 2.24) is 0 Å². The van der Waals surface area contributed by atoms with E-state index in [1.807, 2.05) is 19.1 Å². The van der Waals surface area contributed by atoms with Gasteiger partial charge in [-0.1, -0.05) is 32.0 Å². The van der Waals surface area contributed by atoms with E-state index in [9.17, 15) is 4.79 Å². The van der Waals surface area contributed by atoms with Gasteiger partial charge in [0.15, 0.2) is 0 Å². The number of hydrogen-bond donors (Lipinski definition) is 1. The maximum absolute atomic E-state index is 10.9. The summed E-state index contributed by atoms with van der Waals surface area (Å²) in [5.74, 6) is -0.709. The van der Waals surface area contributed by atoms with Crippen molar-refractivity contribution in [1.29, 1.82) is 0 Å². The molecule has 1 aromatic rings. The Kier molecular flexibility index (Phi) is 3.51. The largest absolute Gasteiger partial charge is 0.481 e. The zero-order chi connectivity index (χ0) is 11.6. The molecule has 2 nitrogen and oxygen atoms in total. The van der Waals surface area contributed by atoms with E-state index in [0.717, 1.165) is 11.1 Å². The van der Waals surface area contributed by atoms with Crippen LogP contribution in [0, 0.1) is 6.92 Å². The summed E-state index contributed by atoms with van der Waals surface area (Å²) in [6.45, 7) is 7.96. The van der Waals surface area contributed by atoms with Gasteiger partial charge in [-0.2, -0.15) is 0 Å². The smallest absolute Gasteiger partial charge is 0.310 e. The minimum absolute atomic E-state index is 0.425. The molecule has 82 valence electrons. The van der Waals surface area contributed by atoms with Crippen LogP contribution in [0.4, 0.5) is 0 Å². The van der Waals surface area contributed by atoms with Gasteiger partial charge in [0.05, 0.1) is 5.92 Å². The Labute approximate surface area is 90.9 Å². The molecule has 0 aliphatic carbocycles. The fourth-order valence-corrected chi connectivity index (χ4v) is 1.68. The van der Waals surface area contributed by atoms with Crippen LogP contribution in [0.1, 0.15) is 49.3 Å². The van der Waals surface area contributed by atoms with Crippen molar-refractivity contribution in [2.45, 2.75) is 39.5 Å². The van der Waals surface area contributed by atoms with Gasteiger partial charge in [-0.05, 0) is 36.5 Å². The summed E-state index contributed by atoms with van der Waals surface area (Å²) >= 11 is 0. The van der Waals surface area contributed by atoms with Crippen LogP contribution in [0.15, 0.2) is 18.2 Å². The zero-order valence-electron chi connectivity index (χ0n) is 9.74. The summed E-state index contributed by atoms with van der Waals surface area (Å²) in [5.41, 5.74) is 3.23. The first-order chi connectivity index (χ1) is 6.93. The van der Waals surface area contributed by atoms with Gasteiger partial charge in [0, 0.05) is 0 Å². The van der Waals surface area contributed by atoms with E-state index in [1.54, 1.807) is 6.92 Å². The summed E-state index contributed by atoms with van der Waals surface area (Å²) in [6.07, 6.45) is 0. The molecule has 0 heterocycles. The van der Waals surface area contributed by atoms with Gasteiger partial charge in [-0.15, -0.1) is 0 Å². The number of aliphatic carboxylic acids is 1. The quantitative estimate of drug-likeness (QED) is 0.823. The standard InChI is InChI=1S/C13H18O2/c1-8(2)11-5-6-12(9(3)7-11)10(4)13(14)15/h5-8,10H,1-4H3,(H,14,15). The molecule has 0 fully saturated rings. The van der Waals surface area contributed by atoms with Crippen LogP contribution in [0.25, 0.3) is 0 Å². The first-order valence-corrected chi connectivity index (χ1v) is 5.26. The van der Waals surface area contributed by atoms with Crippen molar-refractivity contribution in [2.75, 3.05) is 0 Å². The van der Waals surface area contributed by atoms with Gasteiger partial charge in [-0.3, -0.25) is 4.79 Å². The summed E-state index contributed by atoms with van der Waals surface area (Å²) in [7, 11) is 0. The van der Waals surface area contributed by atoms with Crippen LogP contribution in [0.3, 0.4) is 0 Å². The zero-order valence-corrected chi connectivity index (χ0v) is 9.74. The minimum atomic E-state index is -0.768. The molecule has 1 unspecified atom stereocenters. The van der Waals surface area contributed by atoms with Crippen molar-refractivity contribution >= 4 is 5.97 Å². The van der Waals surface area contributed by atoms with E-state index in [2.05, 4.69) is 19.9 Å². The molecule has 1 atom stereocenters. The van der Waals surface area contributed by atoms with Crippen LogP contribution >= 0.6 is 0 Å². The fraction of sp³-hybridized carbons (Fsp3) is 0.462. The van der Waals surface area contributed by atoms with E-state index in [-0.39, 0.29) is 0 Å². The molecule has 1 N–H and O–H groups in total. The van der Waals surface area contributed by atoms with E-state index >= 15 is 0 Å². The third-order valence-electron chi connectivity index (χ3n) is 2.80. The Hall–Kier alpha value is -1.31. The van der Waals surface area contributed by atoms with E-state index in [4.69, 9.17) is 5.11 Å². The third-order valence-corrected chi connectivity index (χ3v) is 2.80. The molecule has 0 saturated heterocycles. The fourth-order valence-electron chi connectivity index (χ4n) is 1.68. The van der Waals surface area contributed by atoms with Crippen molar-refractivity contribution in [3.63, 3.8) is 0 Å². The molecule has 15 heavy (non-hydrogen) atoms. The first-order valence-electron chi connectivity index (χ1n) is 5.26. The third kappa shape index (κ3) is 2.58. The Balaban J connectivity index is 3.08. The molecule has 1 aromatic carbocycles. The van der Waals surface area contributed by atoms with Gasteiger partial charge in [0.1, 0.15) is 0 Å². The van der Waals surface area contributed by atoms with Crippen LogP contribution in [-0.2, 0) is 4.79 Å². The molecule has 0 aliphatic heterocycles. The highest BCUT2D eigenvalue weighted by Crippen LogP contribution is 2.24. The predicted octanol–water partition coefficient (Wildman–Crippen LogP) is 3.31. The van der Waals surface area contributed by atoms with Gasteiger partial charge in [0.25, 0.3) is 0 Å². The average molecular weight is 206 g/mol. The van der Waals surface area contributed by atoms with E-state index in [1.165, 1.54) is 5.56 Å². The molecule has 1 rings (SSSR count). The number of carbonyl (C=O) groups is 1. The van der Waals surface area contributed by atoms with E-state index in [0.29, 0.717) is 5.92 Å². The highest BCUT2D eigenvalue weighted by atomic mass is 16.4. The highest BCUT2D eigenvalue weighted by molar-refractivity contribution is 5.76. The molecule has 0 radical (unpaired) electrons. The number of benzene rings is 1. The maximum Gasteiger partial charge on any atom is 0.310 e. The maximum atomic E-state index is 10.9. The van der Waals surface area contributed by atoms with Crippen LogP contribution in [0.5, 0.6) is 0 Å². The molecule has 0 bridgehead atoms. The number of aryl methyl sites for hydroxylation is 1. The van der Waals surface area contributed by atoms with Gasteiger partial charge >= 0.3 is 5.97 Å². The summed E-state index contributed by atoms with van der Waals surface area (Å²) in [6, 6.07) is 6.04. The number of carboxylic acids is 1. The van der Waals surface area contributed by atoms with Crippen molar-refractivity contribution in [3.05, 3.63) is 34.9 Å². The molecular formula is C13H18O2. The Morgan fingerprint density at radius 3 is 2.27 bits per heavy atom. The van der Waals surface area contributed by atoms with Crippen LogP contribution < -0.4 is 0 Å². The summed E-state index contributed by atoms with van der Waals surface area (Å²) in [4.78, 5) is 10.9. The lowest BCUT2D eigenvalue weighted by Crippen LogP contribution is -2.09.